The number of rotatable bonds is 9. The molecule has 1 fully saturated rings. The molecule has 0 bridgehead atoms. The first-order chi connectivity index (χ1) is 15.1. The molecule has 0 aliphatic carbocycles. The Hall–Kier alpha value is -2.57. The first-order valence-corrected chi connectivity index (χ1v) is 11.1. The summed E-state index contributed by atoms with van der Waals surface area (Å²) in [4.78, 5) is 27.1. The third-order valence-corrected chi connectivity index (χ3v) is 5.91. The van der Waals surface area contributed by atoms with Crippen molar-refractivity contribution in [3.8, 4) is 5.75 Å². The second-order valence-electron chi connectivity index (χ2n) is 7.68. The van der Waals surface area contributed by atoms with Gasteiger partial charge < -0.3 is 15.4 Å². The number of likely N-dealkylation sites (tertiary alicyclic amines) is 1. The van der Waals surface area contributed by atoms with Gasteiger partial charge in [-0.25, -0.2) is 0 Å². The molecule has 0 radical (unpaired) electrons. The molecule has 1 aliphatic rings. The van der Waals surface area contributed by atoms with Crippen LogP contribution in [0.5, 0.6) is 5.75 Å². The number of hydrogen-bond acceptors (Lipinski definition) is 4. The second-order valence-corrected chi connectivity index (χ2v) is 8.08. The molecule has 31 heavy (non-hydrogen) atoms. The predicted molar refractivity (Wildman–Crippen MR) is 123 cm³/mol. The third-order valence-electron chi connectivity index (χ3n) is 5.58. The molecule has 3 rings (SSSR count). The van der Waals surface area contributed by atoms with Crippen LogP contribution in [0.25, 0.3) is 0 Å². The van der Waals surface area contributed by atoms with Gasteiger partial charge in [0, 0.05) is 19.5 Å². The number of carbonyl (C=O) groups is 2. The Kier molecular flexibility index (Phi) is 8.74. The lowest BCUT2D eigenvalue weighted by molar-refractivity contribution is -0.121. The van der Waals surface area contributed by atoms with E-state index in [1.54, 1.807) is 31.4 Å². The zero-order chi connectivity index (χ0) is 22.1. The van der Waals surface area contributed by atoms with Gasteiger partial charge in [-0.1, -0.05) is 42.3 Å². The SMILES string of the molecule is COc1ccc(C(CNC(=O)CCNC(=O)c2ccccc2Cl)N2CCCCC2)cc1. The highest BCUT2D eigenvalue weighted by molar-refractivity contribution is 6.33. The molecule has 2 aromatic rings. The summed E-state index contributed by atoms with van der Waals surface area (Å²) in [7, 11) is 1.65. The van der Waals surface area contributed by atoms with E-state index >= 15 is 0 Å². The van der Waals surface area contributed by atoms with Crippen LogP contribution in [0.3, 0.4) is 0 Å². The van der Waals surface area contributed by atoms with E-state index in [1.807, 2.05) is 12.1 Å². The van der Waals surface area contributed by atoms with Gasteiger partial charge in [-0.3, -0.25) is 14.5 Å². The van der Waals surface area contributed by atoms with E-state index in [4.69, 9.17) is 16.3 Å². The lowest BCUT2D eigenvalue weighted by atomic mass is 10.0. The molecule has 7 heteroatoms. The van der Waals surface area contributed by atoms with Crippen molar-refractivity contribution in [3.63, 3.8) is 0 Å². The lowest BCUT2D eigenvalue weighted by Gasteiger charge is -2.35. The molecule has 0 spiro atoms. The van der Waals surface area contributed by atoms with Crippen molar-refractivity contribution >= 4 is 23.4 Å². The van der Waals surface area contributed by atoms with E-state index in [0.717, 1.165) is 24.4 Å². The fourth-order valence-corrected chi connectivity index (χ4v) is 4.06. The fourth-order valence-electron chi connectivity index (χ4n) is 3.84. The average molecular weight is 444 g/mol. The van der Waals surface area contributed by atoms with E-state index in [1.165, 1.54) is 19.3 Å². The molecule has 2 amide bonds. The maximum absolute atomic E-state index is 12.4. The minimum Gasteiger partial charge on any atom is -0.497 e. The number of nitrogens with zero attached hydrogens (tertiary/aromatic N) is 1. The highest BCUT2D eigenvalue weighted by atomic mass is 35.5. The molecule has 1 atom stereocenters. The Morgan fingerprint density at radius 3 is 2.42 bits per heavy atom. The first kappa shape index (κ1) is 23.1. The van der Waals surface area contributed by atoms with Crippen LogP contribution in [0, 0.1) is 0 Å². The van der Waals surface area contributed by atoms with Crippen molar-refractivity contribution in [2.75, 3.05) is 33.3 Å². The maximum Gasteiger partial charge on any atom is 0.252 e. The topological polar surface area (TPSA) is 70.7 Å². The molecule has 2 N–H and O–H groups in total. The number of methoxy groups -OCH3 is 1. The Morgan fingerprint density at radius 1 is 1.03 bits per heavy atom. The van der Waals surface area contributed by atoms with Gasteiger partial charge in [-0.15, -0.1) is 0 Å². The molecule has 2 aromatic carbocycles. The summed E-state index contributed by atoms with van der Waals surface area (Å²) in [6, 6.07) is 15.0. The van der Waals surface area contributed by atoms with Crippen LogP contribution in [0.1, 0.15) is 47.6 Å². The van der Waals surface area contributed by atoms with Gasteiger partial charge in [0.2, 0.25) is 5.91 Å². The normalized spacial score (nSPS) is 15.2. The fraction of sp³-hybridized carbons (Fsp3) is 0.417. The summed E-state index contributed by atoms with van der Waals surface area (Å²) in [5, 5.41) is 6.20. The van der Waals surface area contributed by atoms with Crippen molar-refractivity contribution in [1.29, 1.82) is 0 Å². The Labute approximate surface area is 188 Å². The highest BCUT2D eigenvalue weighted by Gasteiger charge is 2.23. The minimum absolute atomic E-state index is 0.0880. The van der Waals surface area contributed by atoms with Crippen LogP contribution in [0.4, 0.5) is 0 Å². The number of amides is 2. The van der Waals surface area contributed by atoms with Gasteiger partial charge in [-0.05, 0) is 55.8 Å². The molecule has 1 saturated heterocycles. The number of ether oxygens (including phenoxy) is 1. The summed E-state index contributed by atoms with van der Waals surface area (Å²) < 4.78 is 5.27. The van der Waals surface area contributed by atoms with Crippen LogP contribution in [-0.2, 0) is 4.79 Å². The number of carbonyl (C=O) groups excluding carboxylic acids is 2. The maximum atomic E-state index is 12.4. The molecule has 0 aromatic heterocycles. The van der Waals surface area contributed by atoms with Crippen LogP contribution in [0.15, 0.2) is 48.5 Å². The lowest BCUT2D eigenvalue weighted by Crippen LogP contribution is -2.41. The largest absolute Gasteiger partial charge is 0.497 e. The summed E-state index contributed by atoms with van der Waals surface area (Å²) >= 11 is 6.04. The van der Waals surface area contributed by atoms with Gasteiger partial charge >= 0.3 is 0 Å². The molecule has 1 unspecified atom stereocenters. The molecule has 0 saturated carbocycles. The van der Waals surface area contributed by atoms with Crippen molar-refractivity contribution < 1.29 is 14.3 Å². The molecular weight excluding hydrogens is 414 g/mol. The number of benzene rings is 2. The van der Waals surface area contributed by atoms with Crippen molar-refractivity contribution in [1.82, 2.24) is 15.5 Å². The average Bonchev–Trinajstić information content (AvgIpc) is 2.80. The van der Waals surface area contributed by atoms with E-state index in [2.05, 4.69) is 27.7 Å². The van der Waals surface area contributed by atoms with Gasteiger partial charge in [0.05, 0.1) is 23.7 Å². The zero-order valence-electron chi connectivity index (χ0n) is 17.9. The van der Waals surface area contributed by atoms with Crippen molar-refractivity contribution in [2.24, 2.45) is 0 Å². The van der Waals surface area contributed by atoms with Crippen molar-refractivity contribution in [3.05, 3.63) is 64.7 Å². The van der Waals surface area contributed by atoms with Gasteiger partial charge in [0.25, 0.3) is 5.91 Å². The highest BCUT2D eigenvalue weighted by Crippen LogP contribution is 2.26. The Balaban J connectivity index is 1.52. The summed E-state index contributed by atoms with van der Waals surface area (Å²) in [5.74, 6) is 0.456. The molecular formula is C24H30ClN3O3. The van der Waals surface area contributed by atoms with Crippen LogP contribution >= 0.6 is 11.6 Å². The van der Waals surface area contributed by atoms with E-state index in [9.17, 15) is 9.59 Å². The van der Waals surface area contributed by atoms with E-state index in [0.29, 0.717) is 17.1 Å². The first-order valence-electron chi connectivity index (χ1n) is 10.8. The Morgan fingerprint density at radius 2 is 1.74 bits per heavy atom. The van der Waals surface area contributed by atoms with Crippen LogP contribution < -0.4 is 15.4 Å². The Bertz CT molecular complexity index is 867. The van der Waals surface area contributed by atoms with Crippen LogP contribution in [0.2, 0.25) is 5.02 Å². The van der Waals surface area contributed by atoms with Gasteiger partial charge in [0.15, 0.2) is 0 Å². The number of nitrogens with one attached hydrogen (secondary N) is 2. The van der Waals surface area contributed by atoms with E-state index < -0.39 is 0 Å². The molecule has 1 heterocycles. The summed E-state index contributed by atoms with van der Waals surface area (Å²) in [6.45, 7) is 2.84. The minimum atomic E-state index is -0.275. The van der Waals surface area contributed by atoms with Gasteiger partial charge in [-0.2, -0.15) is 0 Å². The zero-order valence-corrected chi connectivity index (χ0v) is 18.7. The predicted octanol–water partition coefficient (Wildman–Crippen LogP) is 3.81. The number of piperidine rings is 1. The number of hydrogen-bond donors (Lipinski definition) is 2. The molecule has 6 nitrogen and oxygen atoms in total. The molecule has 1 aliphatic heterocycles. The second kappa shape index (κ2) is 11.7. The molecule has 166 valence electrons. The number of halogens is 1. The van der Waals surface area contributed by atoms with Crippen LogP contribution in [-0.4, -0.2) is 50.0 Å². The van der Waals surface area contributed by atoms with Gasteiger partial charge in [0.1, 0.15) is 5.75 Å². The van der Waals surface area contributed by atoms with Crippen molar-refractivity contribution in [2.45, 2.75) is 31.7 Å². The standard InChI is InChI=1S/C24H30ClN3O3/c1-31-19-11-9-18(10-12-19)22(28-15-5-2-6-16-28)17-27-23(29)13-14-26-24(30)20-7-3-4-8-21(20)25/h3-4,7-12,22H,2,5-6,13-17H2,1H3,(H,26,30)(H,27,29). The summed E-state index contributed by atoms with van der Waals surface area (Å²) in [5.41, 5.74) is 1.57. The quantitative estimate of drug-likeness (QED) is 0.618. The monoisotopic (exact) mass is 443 g/mol. The smallest absolute Gasteiger partial charge is 0.252 e. The van der Waals surface area contributed by atoms with E-state index in [-0.39, 0.29) is 30.8 Å². The summed E-state index contributed by atoms with van der Waals surface area (Å²) in [6.07, 6.45) is 3.82. The third kappa shape index (κ3) is 6.71.